The van der Waals surface area contributed by atoms with E-state index in [2.05, 4.69) is 5.32 Å². The smallest absolute Gasteiger partial charge is 0.325 e. The van der Waals surface area contributed by atoms with Crippen molar-refractivity contribution in [3.63, 3.8) is 0 Å². The Balaban J connectivity index is 1.53. The van der Waals surface area contributed by atoms with E-state index in [0.29, 0.717) is 0 Å². The average Bonchev–Trinajstić information content (AvgIpc) is 3.01. The molecule has 0 atom stereocenters. The summed E-state index contributed by atoms with van der Waals surface area (Å²) in [7, 11) is 0. The van der Waals surface area contributed by atoms with Crippen molar-refractivity contribution in [1.29, 1.82) is 0 Å². The maximum Gasteiger partial charge on any atom is 0.325 e. The maximum atomic E-state index is 13.5. The molecule has 3 rings (SSSR count). The van der Waals surface area contributed by atoms with Crippen LogP contribution in [0.15, 0.2) is 53.9 Å². The minimum Gasteiger partial charge on any atom is -0.459 e. The van der Waals surface area contributed by atoms with Gasteiger partial charge in [0.1, 0.15) is 19.0 Å². The molecular weight excluding hydrogens is 329 g/mol. The Bertz CT molecular complexity index is 891. The standard InChI is InChI=1S/C18H14FNO3S/c19-15-7-3-1-6-14(15)18(22)20-9-17(21)23-10-12-11-24-16-8-4-2-5-13(12)16/h1-8,11H,9-10H2,(H,20,22). The average molecular weight is 343 g/mol. The van der Waals surface area contributed by atoms with E-state index in [0.717, 1.165) is 15.6 Å². The minimum absolute atomic E-state index is 0.103. The Morgan fingerprint density at radius 3 is 2.67 bits per heavy atom. The number of amides is 1. The zero-order chi connectivity index (χ0) is 16.9. The van der Waals surface area contributed by atoms with Gasteiger partial charge in [0, 0.05) is 10.3 Å². The summed E-state index contributed by atoms with van der Waals surface area (Å²) in [5.41, 5.74) is 0.818. The lowest BCUT2D eigenvalue weighted by Crippen LogP contribution is -2.31. The van der Waals surface area contributed by atoms with Crippen molar-refractivity contribution in [3.8, 4) is 0 Å². The van der Waals surface area contributed by atoms with Crippen LogP contribution in [0.3, 0.4) is 0 Å². The first-order valence-corrected chi connectivity index (χ1v) is 8.16. The van der Waals surface area contributed by atoms with Crippen LogP contribution in [-0.4, -0.2) is 18.4 Å². The first-order chi connectivity index (χ1) is 11.6. The number of hydrogen-bond donors (Lipinski definition) is 1. The van der Waals surface area contributed by atoms with Crippen LogP contribution in [0, 0.1) is 5.82 Å². The molecule has 0 bridgehead atoms. The van der Waals surface area contributed by atoms with Crippen LogP contribution in [0.1, 0.15) is 15.9 Å². The van der Waals surface area contributed by atoms with Gasteiger partial charge in [-0.1, -0.05) is 30.3 Å². The highest BCUT2D eigenvalue weighted by atomic mass is 32.1. The van der Waals surface area contributed by atoms with Gasteiger partial charge in [-0.3, -0.25) is 9.59 Å². The third-order valence-corrected chi connectivity index (χ3v) is 4.47. The van der Waals surface area contributed by atoms with E-state index >= 15 is 0 Å². The fourth-order valence-electron chi connectivity index (χ4n) is 2.25. The van der Waals surface area contributed by atoms with Gasteiger partial charge in [-0.25, -0.2) is 4.39 Å². The highest BCUT2D eigenvalue weighted by Gasteiger charge is 2.13. The number of nitrogens with one attached hydrogen (secondary N) is 1. The van der Waals surface area contributed by atoms with Crippen molar-refractivity contribution in [2.45, 2.75) is 6.61 Å². The van der Waals surface area contributed by atoms with Gasteiger partial charge in [-0.2, -0.15) is 0 Å². The van der Waals surface area contributed by atoms with Gasteiger partial charge in [-0.15, -0.1) is 11.3 Å². The molecule has 0 saturated heterocycles. The van der Waals surface area contributed by atoms with E-state index in [9.17, 15) is 14.0 Å². The Hall–Kier alpha value is -2.73. The second kappa shape index (κ2) is 7.23. The number of esters is 1. The molecule has 0 spiro atoms. The van der Waals surface area contributed by atoms with Crippen LogP contribution in [-0.2, 0) is 16.1 Å². The molecule has 0 saturated carbocycles. The molecule has 0 fully saturated rings. The molecule has 0 aliphatic heterocycles. The van der Waals surface area contributed by atoms with E-state index in [-0.39, 0.29) is 18.7 Å². The largest absolute Gasteiger partial charge is 0.459 e. The first kappa shape index (κ1) is 16.1. The van der Waals surface area contributed by atoms with E-state index in [4.69, 9.17) is 4.74 Å². The molecule has 2 aromatic carbocycles. The number of thiophene rings is 1. The molecule has 0 unspecified atom stereocenters. The van der Waals surface area contributed by atoms with Crippen molar-refractivity contribution in [3.05, 3.63) is 70.9 Å². The van der Waals surface area contributed by atoms with Gasteiger partial charge < -0.3 is 10.1 Å². The maximum absolute atomic E-state index is 13.5. The predicted molar refractivity (Wildman–Crippen MR) is 90.4 cm³/mol. The summed E-state index contributed by atoms with van der Waals surface area (Å²) in [6.07, 6.45) is 0. The van der Waals surface area contributed by atoms with Crippen molar-refractivity contribution < 1.29 is 18.7 Å². The number of carbonyl (C=O) groups is 2. The third-order valence-electron chi connectivity index (χ3n) is 3.46. The Morgan fingerprint density at radius 2 is 1.83 bits per heavy atom. The molecule has 1 aromatic heterocycles. The van der Waals surface area contributed by atoms with Crippen LogP contribution < -0.4 is 5.32 Å². The second-order valence-corrected chi connectivity index (χ2v) is 5.99. The number of benzene rings is 2. The van der Waals surface area contributed by atoms with Gasteiger partial charge in [0.15, 0.2) is 0 Å². The topological polar surface area (TPSA) is 55.4 Å². The molecule has 1 N–H and O–H groups in total. The molecule has 1 amide bonds. The summed E-state index contributed by atoms with van der Waals surface area (Å²) in [5.74, 6) is -1.85. The van der Waals surface area contributed by atoms with Crippen LogP contribution in [0.4, 0.5) is 4.39 Å². The highest BCUT2D eigenvalue weighted by molar-refractivity contribution is 7.17. The summed E-state index contributed by atoms with van der Waals surface area (Å²) in [5, 5.41) is 5.34. The molecular formula is C18H14FNO3S. The highest BCUT2D eigenvalue weighted by Crippen LogP contribution is 2.26. The normalized spacial score (nSPS) is 10.5. The van der Waals surface area contributed by atoms with Crippen molar-refractivity contribution in [2.75, 3.05) is 6.54 Å². The number of hydrogen-bond acceptors (Lipinski definition) is 4. The van der Waals surface area contributed by atoms with Gasteiger partial charge in [0.25, 0.3) is 5.91 Å². The molecule has 0 aliphatic carbocycles. The van der Waals surface area contributed by atoms with E-state index in [1.165, 1.54) is 18.2 Å². The monoisotopic (exact) mass is 343 g/mol. The van der Waals surface area contributed by atoms with E-state index in [1.807, 2.05) is 29.6 Å². The van der Waals surface area contributed by atoms with Crippen molar-refractivity contribution in [1.82, 2.24) is 5.32 Å². The second-order valence-electron chi connectivity index (χ2n) is 5.08. The molecule has 0 aliphatic rings. The SMILES string of the molecule is O=C(CNC(=O)c1ccccc1F)OCc1csc2ccccc12. The fraction of sp³-hybridized carbons (Fsp3) is 0.111. The Morgan fingerprint density at radius 1 is 1.08 bits per heavy atom. The molecule has 4 nitrogen and oxygen atoms in total. The van der Waals surface area contributed by atoms with E-state index in [1.54, 1.807) is 17.4 Å². The number of ether oxygens (including phenoxy) is 1. The zero-order valence-corrected chi connectivity index (χ0v) is 13.4. The molecule has 6 heteroatoms. The number of halogens is 1. The van der Waals surface area contributed by atoms with Gasteiger partial charge in [-0.05, 0) is 29.0 Å². The van der Waals surface area contributed by atoms with Crippen LogP contribution in [0.25, 0.3) is 10.1 Å². The van der Waals surface area contributed by atoms with Gasteiger partial charge in [0.05, 0.1) is 5.56 Å². The predicted octanol–water partition coefficient (Wildman–Crippen LogP) is 3.51. The third kappa shape index (κ3) is 3.60. The first-order valence-electron chi connectivity index (χ1n) is 7.28. The van der Waals surface area contributed by atoms with Gasteiger partial charge in [0.2, 0.25) is 0 Å². The molecule has 24 heavy (non-hydrogen) atoms. The molecule has 3 aromatic rings. The lowest BCUT2D eigenvalue weighted by molar-refractivity contribution is -0.143. The lowest BCUT2D eigenvalue weighted by atomic mass is 10.2. The van der Waals surface area contributed by atoms with Crippen LogP contribution in [0.2, 0.25) is 0 Å². The minimum atomic E-state index is -0.647. The lowest BCUT2D eigenvalue weighted by Gasteiger charge is -2.07. The van der Waals surface area contributed by atoms with Crippen LogP contribution >= 0.6 is 11.3 Å². The zero-order valence-electron chi connectivity index (χ0n) is 12.6. The molecule has 0 radical (unpaired) electrons. The Labute approximate surface area is 141 Å². The van der Waals surface area contributed by atoms with E-state index < -0.39 is 17.7 Å². The Kier molecular flexibility index (Phi) is 4.86. The molecule has 122 valence electrons. The summed E-state index contributed by atoms with van der Waals surface area (Å²) in [6.45, 7) is -0.173. The fourth-order valence-corrected chi connectivity index (χ4v) is 3.19. The van der Waals surface area contributed by atoms with Crippen LogP contribution in [0.5, 0.6) is 0 Å². The number of carbonyl (C=O) groups excluding carboxylic acids is 2. The molecule has 1 heterocycles. The van der Waals surface area contributed by atoms with Crippen molar-refractivity contribution >= 4 is 33.3 Å². The summed E-state index contributed by atoms with van der Waals surface area (Å²) in [6, 6.07) is 13.4. The summed E-state index contributed by atoms with van der Waals surface area (Å²) in [4.78, 5) is 23.6. The van der Waals surface area contributed by atoms with Crippen molar-refractivity contribution in [2.24, 2.45) is 0 Å². The number of fused-ring (bicyclic) bond motifs is 1. The number of rotatable bonds is 5. The van der Waals surface area contributed by atoms with Gasteiger partial charge >= 0.3 is 5.97 Å². The summed E-state index contributed by atoms with van der Waals surface area (Å²) < 4.78 is 19.8. The summed E-state index contributed by atoms with van der Waals surface area (Å²) >= 11 is 1.58. The quantitative estimate of drug-likeness (QED) is 0.721.